The van der Waals surface area contributed by atoms with E-state index in [9.17, 15) is 22.8 Å². The number of benzene rings is 2. The van der Waals surface area contributed by atoms with Crippen LogP contribution in [0.15, 0.2) is 53.4 Å². The Kier molecular flexibility index (Phi) is 4.81. The van der Waals surface area contributed by atoms with E-state index in [0.717, 1.165) is 6.07 Å². The Balaban J connectivity index is 1.83. The molecule has 3 rings (SSSR count). The minimum Gasteiger partial charge on any atom is -0.324 e. The van der Waals surface area contributed by atoms with E-state index < -0.39 is 27.8 Å². The summed E-state index contributed by atoms with van der Waals surface area (Å²) in [6.07, 6.45) is 0. The van der Waals surface area contributed by atoms with Crippen LogP contribution in [0.5, 0.6) is 0 Å². The third kappa shape index (κ3) is 3.60. The fourth-order valence-electron chi connectivity index (χ4n) is 2.55. The van der Waals surface area contributed by atoms with Crippen LogP contribution in [0, 0.1) is 0 Å². The number of hydrogen-bond donors (Lipinski definition) is 1. The predicted octanol–water partition coefficient (Wildman–Crippen LogP) is 1.74. The SMILES string of the molecule is CC(C)NS(=O)(=O)c1cccc(C(=O)ON2C(=O)c3ccccc3C2=O)c1. The average Bonchev–Trinajstić information content (AvgIpc) is 2.86. The van der Waals surface area contributed by atoms with E-state index in [0.29, 0.717) is 5.06 Å². The van der Waals surface area contributed by atoms with Gasteiger partial charge in [-0.15, -0.1) is 0 Å². The molecule has 0 aliphatic carbocycles. The molecule has 1 aliphatic heterocycles. The van der Waals surface area contributed by atoms with Gasteiger partial charge >= 0.3 is 5.97 Å². The number of nitrogens with one attached hydrogen (secondary N) is 1. The van der Waals surface area contributed by atoms with E-state index in [1.54, 1.807) is 26.0 Å². The molecular weight excluding hydrogens is 372 g/mol. The van der Waals surface area contributed by atoms with Crippen LogP contribution in [-0.4, -0.2) is 37.3 Å². The number of amides is 2. The van der Waals surface area contributed by atoms with Gasteiger partial charge in [0.2, 0.25) is 10.0 Å². The van der Waals surface area contributed by atoms with Gasteiger partial charge in [-0.2, -0.15) is 0 Å². The summed E-state index contributed by atoms with van der Waals surface area (Å²) >= 11 is 0. The smallest absolute Gasteiger partial charge is 0.324 e. The summed E-state index contributed by atoms with van der Waals surface area (Å²) < 4.78 is 26.9. The van der Waals surface area contributed by atoms with Crippen LogP contribution in [0.1, 0.15) is 44.9 Å². The van der Waals surface area contributed by atoms with Gasteiger partial charge in [-0.05, 0) is 44.2 Å². The number of carbonyl (C=O) groups is 3. The zero-order valence-electron chi connectivity index (χ0n) is 14.5. The number of hydroxylamine groups is 2. The summed E-state index contributed by atoms with van der Waals surface area (Å²) in [5, 5.41) is 0.376. The fourth-order valence-corrected chi connectivity index (χ4v) is 3.85. The van der Waals surface area contributed by atoms with Gasteiger partial charge < -0.3 is 4.84 Å². The minimum atomic E-state index is -3.81. The Morgan fingerprint density at radius 1 is 1.00 bits per heavy atom. The maximum atomic E-state index is 12.4. The van der Waals surface area contributed by atoms with Gasteiger partial charge in [-0.3, -0.25) is 9.59 Å². The summed E-state index contributed by atoms with van der Waals surface area (Å²) in [6.45, 7) is 3.33. The molecule has 0 saturated carbocycles. The van der Waals surface area contributed by atoms with Crippen LogP contribution < -0.4 is 4.72 Å². The molecule has 27 heavy (non-hydrogen) atoms. The fraction of sp³-hybridized carbons (Fsp3) is 0.167. The Morgan fingerprint density at radius 3 is 2.15 bits per heavy atom. The van der Waals surface area contributed by atoms with Gasteiger partial charge in [0.15, 0.2) is 0 Å². The lowest BCUT2D eigenvalue weighted by Gasteiger charge is -2.13. The zero-order valence-corrected chi connectivity index (χ0v) is 15.3. The van der Waals surface area contributed by atoms with Crippen LogP contribution in [0.4, 0.5) is 0 Å². The van der Waals surface area contributed by atoms with Crippen molar-refractivity contribution in [2.75, 3.05) is 0 Å². The Hall–Kier alpha value is -3.04. The first kappa shape index (κ1) is 18.7. The molecule has 8 nitrogen and oxygen atoms in total. The molecule has 0 radical (unpaired) electrons. The van der Waals surface area contributed by atoms with Crippen molar-refractivity contribution in [3.63, 3.8) is 0 Å². The van der Waals surface area contributed by atoms with E-state index in [-0.39, 0.29) is 27.6 Å². The van der Waals surface area contributed by atoms with Crippen molar-refractivity contribution in [3.05, 3.63) is 65.2 Å². The average molecular weight is 388 g/mol. The molecule has 0 aromatic heterocycles. The molecule has 9 heteroatoms. The number of rotatable bonds is 5. The van der Waals surface area contributed by atoms with Gasteiger partial charge in [0.05, 0.1) is 21.6 Å². The van der Waals surface area contributed by atoms with Crippen LogP contribution in [0.2, 0.25) is 0 Å². The second-order valence-corrected chi connectivity index (χ2v) is 7.85. The van der Waals surface area contributed by atoms with E-state index in [1.165, 1.54) is 30.3 Å². The first-order valence-corrected chi connectivity index (χ1v) is 9.51. The summed E-state index contributed by atoms with van der Waals surface area (Å²) in [5.41, 5.74) is 0.152. The zero-order chi connectivity index (χ0) is 19.8. The molecule has 1 aliphatic rings. The highest BCUT2D eigenvalue weighted by Gasteiger charge is 2.38. The molecule has 1 N–H and O–H groups in total. The van der Waals surface area contributed by atoms with Crippen LogP contribution in [0.3, 0.4) is 0 Å². The molecular formula is C18H16N2O6S. The van der Waals surface area contributed by atoms with Crippen LogP contribution in [0.25, 0.3) is 0 Å². The maximum absolute atomic E-state index is 12.4. The van der Waals surface area contributed by atoms with Gasteiger partial charge in [-0.25, -0.2) is 17.9 Å². The van der Waals surface area contributed by atoms with Crippen molar-refractivity contribution in [2.45, 2.75) is 24.8 Å². The maximum Gasteiger partial charge on any atom is 0.363 e. The summed E-state index contributed by atoms with van der Waals surface area (Å²) in [5.74, 6) is -2.53. The third-order valence-electron chi connectivity index (χ3n) is 3.70. The van der Waals surface area contributed by atoms with Crippen molar-refractivity contribution >= 4 is 27.8 Å². The van der Waals surface area contributed by atoms with Crippen molar-refractivity contribution in [1.29, 1.82) is 0 Å². The second-order valence-electron chi connectivity index (χ2n) is 6.13. The van der Waals surface area contributed by atoms with Gasteiger partial charge in [0.25, 0.3) is 11.8 Å². The molecule has 0 unspecified atom stereocenters. The molecule has 1 heterocycles. The molecule has 2 amide bonds. The third-order valence-corrected chi connectivity index (χ3v) is 5.36. The number of hydrogen-bond acceptors (Lipinski definition) is 6. The molecule has 0 fully saturated rings. The van der Waals surface area contributed by atoms with Gasteiger partial charge in [0.1, 0.15) is 0 Å². The molecule has 140 valence electrons. The standard InChI is InChI=1S/C18H16N2O6S/c1-11(2)19-27(24,25)13-7-5-6-12(10-13)18(23)26-20-16(21)14-8-3-4-9-15(14)17(20)22/h3-11,19H,1-2H3. The highest BCUT2D eigenvalue weighted by Crippen LogP contribution is 2.23. The monoisotopic (exact) mass is 388 g/mol. The molecule has 0 spiro atoms. The summed E-state index contributed by atoms with van der Waals surface area (Å²) in [4.78, 5) is 41.6. The quantitative estimate of drug-likeness (QED) is 0.782. The van der Waals surface area contributed by atoms with E-state index in [4.69, 9.17) is 4.84 Å². The number of imide groups is 1. The molecule has 2 aromatic carbocycles. The topological polar surface area (TPSA) is 110 Å². The van der Waals surface area contributed by atoms with Crippen LogP contribution >= 0.6 is 0 Å². The lowest BCUT2D eigenvalue weighted by Crippen LogP contribution is -2.33. The highest BCUT2D eigenvalue weighted by atomic mass is 32.2. The van der Waals surface area contributed by atoms with Crippen molar-refractivity contribution in [1.82, 2.24) is 9.79 Å². The lowest BCUT2D eigenvalue weighted by atomic mass is 10.1. The van der Waals surface area contributed by atoms with Gasteiger partial charge in [0, 0.05) is 6.04 Å². The number of fused-ring (bicyclic) bond motifs is 1. The molecule has 0 saturated heterocycles. The largest absolute Gasteiger partial charge is 0.363 e. The predicted molar refractivity (Wildman–Crippen MR) is 94.3 cm³/mol. The second kappa shape index (κ2) is 6.93. The first-order chi connectivity index (χ1) is 12.7. The van der Waals surface area contributed by atoms with E-state index in [2.05, 4.69) is 4.72 Å². The number of nitrogens with zero attached hydrogens (tertiary/aromatic N) is 1. The van der Waals surface area contributed by atoms with Gasteiger partial charge in [-0.1, -0.05) is 23.3 Å². The number of sulfonamides is 1. The number of carbonyl (C=O) groups excluding carboxylic acids is 3. The first-order valence-electron chi connectivity index (χ1n) is 8.03. The molecule has 0 bridgehead atoms. The van der Waals surface area contributed by atoms with Crippen molar-refractivity contribution in [2.24, 2.45) is 0 Å². The highest BCUT2D eigenvalue weighted by molar-refractivity contribution is 7.89. The lowest BCUT2D eigenvalue weighted by molar-refractivity contribution is -0.0584. The van der Waals surface area contributed by atoms with Crippen molar-refractivity contribution < 1.29 is 27.6 Å². The molecule has 0 atom stereocenters. The van der Waals surface area contributed by atoms with E-state index >= 15 is 0 Å². The van der Waals surface area contributed by atoms with Crippen LogP contribution in [-0.2, 0) is 14.9 Å². The summed E-state index contributed by atoms with van der Waals surface area (Å²) in [7, 11) is -3.81. The minimum absolute atomic E-state index is 0.113. The Morgan fingerprint density at radius 2 is 1.59 bits per heavy atom. The van der Waals surface area contributed by atoms with Crippen molar-refractivity contribution in [3.8, 4) is 0 Å². The van der Waals surface area contributed by atoms with E-state index in [1.807, 2.05) is 0 Å². The Bertz CT molecular complexity index is 1010. The Labute approximate surface area is 155 Å². The normalized spacial score (nSPS) is 13.8. The summed E-state index contributed by atoms with van der Waals surface area (Å²) in [6, 6.07) is 10.9. The molecule has 2 aromatic rings.